The molecule has 0 spiro atoms. The first-order chi connectivity index (χ1) is 5.22. The van der Waals surface area contributed by atoms with Crippen molar-refractivity contribution in [2.24, 2.45) is 5.92 Å². The van der Waals surface area contributed by atoms with E-state index in [1.165, 1.54) is 6.42 Å². The minimum absolute atomic E-state index is 0.691. The Morgan fingerprint density at radius 2 is 2.36 bits per heavy atom. The maximum absolute atomic E-state index is 3.97. The molecule has 0 saturated heterocycles. The molecule has 0 aliphatic heterocycles. The van der Waals surface area contributed by atoms with Gasteiger partial charge >= 0.3 is 0 Å². The first-order valence-corrected chi connectivity index (χ1v) is 4.09. The molecule has 0 saturated carbocycles. The van der Waals surface area contributed by atoms with Gasteiger partial charge in [-0.15, -0.1) is 5.10 Å². The van der Waals surface area contributed by atoms with Crippen LogP contribution >= 0.6 is 0 Å². The fourth-order valence-corrected chi connectivity index (χ4v) is 0.933. The summed E-state index contributed by atoms with van der Waals surface area (Å²) in [7, 11) is 0. The first kappa shape index (κ1) is 8.24. The summed E-state index contributed by atoms with van der Waals surface area (Å²) in [5, 5.41) is 7.89. The lowest BCUT2D eigenvalue weighted by atomic mass is 10.1. The highest BCUT2D eigenvalue weighted by Gasteiger charge is 2.00. The van der Waals surface area contributed by atoms with Gasteiger partial charge in [0.25, 0.3) is 0 Å². The summed E-state index contributed by atoms with van der Waals surface area (Å²) >= 11 is 0. The van der Waals surface area contributed by atoms with Crippen molar-refractivity contribution >= 4 is 0 Å². The molecular formula is C8H15N3. The topological polar surface area (TPSA) is 30.7 Å². The van der Waals surface area contributed by atoms with Crippen molar-refractivity contribution in [1.82, 2.24) is 15.0 Å². The molecule has 1 aromatic heterocycles. The maximum Gasteiger partial charge on any atom is 0.0796 e. The molecular weight excluding hydrogens is 138 g/mol. The number of hydrogen-bond donors (Lipinski definition) is 0. The van der Waals surface area contributed by atoms with Gasteiger partial charge in [-0.2, -0.15) is 0 Å². The Morgan fingerprint density at radius 3 is 2.82 bits per heavy atom. The van der Waals surface area contributed by atoms with Crippen LogP contribution in [0.5, 0.6) is 0 Å². The van der Waals surface area contributed by atoms with Crippen molar-refractivity contribution < 1.29 is 0 Å². The van der Waals surface area contributed by atoms with Crippen LogP contribution in [0.25, 0.3) is 0 Å². The van der Waals surface area contributed by atoms with Gasteiger partial charge < -0.3 is 0 Å². The lowest BCUT2D eigenvalue weighted by Gasteiger charge is -2.06. The third-order valence-corrected chi connectivity index (χ3v) is 1.85. The average molecular weight is 153 g/mol. The van der Waals surface area contributed by atoms with Gasteiger partial charge in [-0.3, -0.25) is 4.68 Å². The second kappa shape index (κ2) is 3.51. The molecule has 0 aliphatic rings. The van der Waals surface area contributed by atoms with Crippen LogP contribution in [0, 0.1) is 12.8 Å². The smallest absolute Gasteiger partial charge is 0.0796 e. The van der Waals surface area contributed by atoms with Gasteiger partial charge in [0.05, 0.1) is 5.69 Å². The van der Waals surface area contributed by atoms with Crippen LogP contribution in [0.1, 0.15) is 26.0 Å². The minimum atomic E-state index is 0.691. The summed E-state index contributed by atoms with van der Waals surface area (Å²) in [6.07, 6.45) is 3.17. The van der Waals surface area contributed by atoms with E-state index in [1.54, 1.807) is 0 Å². The van der Waals surface area contributed by atoms with Crippen LogP contribution in [0.2, 0.25) is 0 Å². The Labute approximate surface area is 67.4 Å². The molecule has 1 unspecified atom stereocenters. The molecule has 0 aliphatic carbocycles. The predicted molar refractivity (Wildman–Crippen MR) is 44.2 cm³/mol. The molecule has 0 bridgehead atoms. The fourth-order valence-electron chi connectivity index (χ4n) is 0.933. The second-order valence-corrected chi connectivity index (χ2v) is 3.10. The second-order valence-electron chi connectivity index (χ2n) is 3.10. The van der Waals surface area contributed by atoms with E-state index in [2.05, 4.69) is 24.2 Å². The average Bonchev–Trinajstić information content (AvgIpc) is 2.35. The summed E-state index contributed by atoms with van der Waals surface area (Å²) < 4.78 is 1.91. The van der Waals surface area contributed by atoms with Crippen molar-refractivity contribution in [1.29, 1.82) is 0 Å². The number of aryl methyl sites for hydroxylation is 1. The van der Waals surface area contributed by atoms with Gasteiger partial charge in [-0.1, -0.05) is 25.5 Å². The summed E-state index contributed by atoms with van der Waals surface area (Å²) in [5.41, 5.74) is 0.994. The summed E-state index contributed by atoms with van der Waals surface area (Å²) in [5.74, 6) is 0.691. The Balaban J connectivity index is 2.50. The van der Waals surface area contributed by atoms with Gasteiger partial charge in [0, 0.05) is 12.7 Å². The Morgan fingerprint density at radius 1 is 1.64 bits per heavy atom. The van der Waals surface area contributed by atoms with Crippen LogP contribution in [0.3, 0.4) is 0 Å². The van der Waals surface area contributed by atoms with Gasteiger partial charge in [-0.25, -0.2) is 0 Å². The third kappa shape index (κ3) is 2.33. The molecule has 1 atom stereocenters. The fraction of sp³-hybridized carbons (Fsp3) is 0.750. The molecule has 3 heteroatoms. The molecule has 1 heterocycles. The van der Waals surface area contributed by atoms with Gasteiger partial charge in [0.15, 0.2) is 0 Å². The van der Waals surface area contributed by atoms with Crippen LogP contribution in [-0.2, 0) is 6.54 Å². The molecule has 1 rings (SSSR count). The van der Waals surface area contributed by atoms with Gasteiger partial charge in [0.1, 0.15) is 0 Å². The van der Waals surface area contributed by atoms with E-state index < -0.39 is 0 Å². The SMILES string of the molecule is CCC(C)Cn1cc(C)nn1. The first-order valence-electron chi connectivity index (χ1n) is 4.09. The lowest BCUT2D eigenvalue weighted by molar-refractivity contribution is 0.431. The summed E-state index contributed by atoms with van der Waals surface area (Å²) in [4.78, 5) is 0. The van der Waals surface area contributed by atoms with Crippen molar-refractivity contribution in [2.45, 2.75) is 33.7 Å². The van der Waals surface area contributed by atoms with Crippen molar-refractivity contribution in [3.63, 3.8) is 0 Å². The van der Waals surface area contributed by atoms with Crippen molar-refractivity contribution in [3.05, 3.63) is 11.9 Å². The van der Waals surface area contributed by atoms with E-state index in [9.17, 15) is 0 Å². The summed E-state index contributed by atoms with van der Waals surface area (Å²) in [6, 6.07) is 0. The van der Waals surface area contributed by atoms with E-state index in [0.717, 1.165) is 12.2 Å². The Bertz CT molecular complexity index is 217. The summed E-state index contributed by atoms with van der Waals surface area (Å²) in [6.45, 7) is 7.35. The molecule has 0 fully saturated rings. The van der Waals surface area contributed by atoms with E-state index in [-0.39, 0.29) is 0 Å². The number of aromatic nitrogens is 3. The zero-order chi connectivity index (χ0) is 8.27. The number of rotatable bonds is 3. The maximum atomic E-state index is 3.97. The molecule has 11 heavy (non-hydrogen) atoms. The van der Waals surface area contributed by atoms with E-state index in [0.29, 0.717) is 5.92 Å². The normalized spacial score (nSPS) is 13.4. The van der Waals surface area contributed by atoms with Crippen LogP contribution < -0.4 is 0 Å². The van der Waals surface area contributed by atoms with E-state index in [4.69, 9.17) is 0 Å². The van der Waals surface area contributed by atoms with Gasteiger partial charge in [0.2, 0.25) is 0 Å². The standard InChI is InChI=1S/C8H15N3/c1-4-7(2)5-11-6-8(3)9-10-11/h6-7H,4-5H2,1-3H3. The van der Waals surface area contributed by atoms with Crippen molar-refractivity contribution in [2.75, 3.05) is 0 Å². The molecule has 0 aromatic carbocycles. The minimum Gasteiger partial charge on any atom is -0.252 e. The van der Waals surface area contributed by atoms with Crippen LogP contribution in [0.15, 0.2) is 6.20 Å². The Hall–Kier alpha value is -0.860. The highest BCUT2D eigenvalue weighted by Crippen LogP contribution is 2.03. The molecule has 0 radical (unpaired) electrons. The van der Waals surface area contributed by atoms with Crippen LogP contribution in [-0.4, -0.2) is 15.0 Å². The molecule has 1 aromatic rings. The molecule has 62 valence electrons. The number of nitrogens with zero attached hydrogens (tertiary/aromatic N) is 3. The van der Waals surface area contributed by atoms with E-state index >= 15 is 0 Å². The monoisotopic (exact) mass is 153 g/mol. The molecule has 0 amide bonds. The Kier molecular flexibility index (Phi) is 2.63. The lowest BCUT2D eigenvalue weighted by Crippen LogP contribution is -2.06. The quantitative estimate of drug-likeness (QED) is 0.660. The highest BCUT2D eigenvalue weighted by molar-refractivity contribution is 4.86. The van der Waals surface area contributed by atoms with Crippen molar-refractivity contribution in [3.8, 4) is 0 Å². The zero-order valence-electron chi connectivity index (χ0n) is 7.41. The van der Waals surface area contributed by atoms with Gasteiger partial charge in [-0.05, 0) is 12.8 Å². The third-order valence-electron chi connectivity index (χ3n) is 1.85. The van der Waals surface area contributed by atoms with Crippen LogP contribution in [0.4, 0.5) is 0 Å². The highest BCUT2D eigenvalue weighted by atomic mass is 15.4. The van der Waals surface area contributed by atoms with E-state index in [1.807, 2.05) is 17.8 Å². The largest absolute Gasteiger partial charge is 0.252 e. The zero-order valence-corrected chi connectivity index (χ0v) is 7.41. The predicted octanol–water partition coefficient (Wildman–Crippen LogP) is 1.63. The number of hydrogen-bond acceptors (Lipinski definition) is 2. The molecule has 0 N–H and O–H groups in total. The molecule has 3 nitrogen and oxygen atoms in total.